The summed E-state index contributed by atoms with van der Waals surface area (Å²) in [7, 11) is 0. The second kappa shape index (κ2) is 5.53. The van der Waals surface area contributed by atoms with Gasteiger partial charge in [0.2, 0.25) is 0 Å². The number of aromatic nitrogens is 3. The lowest BCUT2D eigenvalue weighted by atomic mass is 10.1. The summed E-state index contributed by atoms with van der Waals surface area (Å²) >= 11 is 0. The van der Waals surface area contributed by atoms with E-state index in [-0.39, 0.29) is 17.1 Å². The Hall–Kier alpha value is -3.22. The number of halogens is 1. The van der Waals surface area contributed by atoms with Crippen LogP contribution < -0.4 is 5.73 Å². The summed E-state index contributed by atoms with van der Waals surface area (Å²) in [4.78, 5) is 11.4. The molecule has 23 heavy (non-hydrogen) atoms. The number of para-hydroxylation sites is 1. The van der Waals surface area contributed by atoms with Crippen LogP contribution in [0.5, 0.6) is 0 Å². The Morgan fingerprint density at radius 1 is 1.26 bits per heavy atom. The molecule has 0 aliphatic rings. The van der Waals surface area contributed by atoms with Crippen LogP contribution in [-0.4, -0.2) is 26.1 Å². The largest absolute Gasteiger partial charge is 0.476 e. The predicted octanol–water partition coefficient (Wildman–Crippen LogP) is 2.66. The Kier molecular flexibility index (Phi) is 3.53. The zero-order valence-electron chi connectivity index (χ0n) is 12.2. The van der Waals surface area contributed by atoms with E-state index in [9.17, 15) is 14.3 Å². The van der Waals surface area contributed by atoms with Crippen LogP contribution in [0, 0.1) is 12.7 Å². The van der Waals surface area contributed by atoms with Gasteiger partial charge < -0.3 is 10.8 Å². The molecule has 2 aromatic carbocycles. The quantitative estimate of drug-likeness (QED) is 0.725. The van der Waals surface area contributed by atoms with Crippen molar-refractivity contribution in [1.29, 1.82) is 0 Å². The number of anilines is 1. The van der Waals surface area contributed by atoms with Crippen molar-refractivity contribution < 1.29 is 14.3 Å². The third-order valence-electron chi connectivity index (χ3n) is 3.51. The summed E-state index contributed by atoms with van der Waals surface area (Å²) in [5, 5.41) is 16.8. The number of rotatable bonds is 3. The zero-order valence-corrected chi connectivity index (χ0v) is 12.2. The molecule has 7 heteroatoms. The molecule has 3 N–H and O–H groups in total. The summed E-state index contributed by atoms with van der Waals surface area (Å²) in [6, 6.07) is 11.0. The summed E-state index contributed by atoms with van der Waals surface area (Å²) in [5.74, 6) is -1.78. The van der Waals surface area contributed by atoms with Gasteiger partial charge in [-0.15, -0.1) is 5.10 Å². The molecule has 0 saturated heterocycles. The minimum Gasteiger partial charge on any atom is -0.476 e. The number of hydrogen-bond acceptors (Lipinski definition) is 4. The van der Waals surface area contributed by atoms with Gasteiger partial charge in [-0.3, -0.25) is 0 Å². The second-order valence-electron chi connectivity index (χ2n) is 5.03. The maximum Gasteiger partial charge on any atom is 0.358 e. The molecule has 0 aliphatic heterocycles. The SMILES string of the molecule is Cc1ccc(-c2c(C(=O)O)nnn2-c2ccccc2F)cc1N. The number of aromatic carboxylic acids is 1. The number of carboxylic acid groups (broad SMARTS) is 1. The molecule has 0 radical (unpaired) electrons. The molecule has 0 fully saturated rings. The fraction of sp³-hybridized carbons (Fsp3) is 0.0625. The van der Waals surface area contributed by atoms with E-state index in [0.717, 1.165) is 5.56 Å². The van der Waals surface area contributed by atoms with Crippen molar-refractivity contribution in [1.82, 2.24) is 15.0 Å². The van der Waals surface area contributed by atoms with Crippen molar-refractivity contribution in [3.63, 3.8) is 0 Å². The molecule has 1 aromatic heterocycles. The first-order valence-corrected chi connectivity index (χ1v) is 6.79. The summed E-state index contributed by atoms with van der Waals surface area (Å²) < 4.78 is 15.2. The number of benzene rings is 2. The number of carbonyl (C=O) groups is 1. The zero-order chi connectivity index (χ0) is 16.6. The van der Waals surface area contributed by atoms with Crippen LogP contribution >= 0.6 is 0 Å². The third-order valence-corrected chi connectivity index (χ3v) is 3.51. The summed E-state index contributed by atoms with van der Waals surface area (Å²) in [5.41, 5.74) is 7.78. The lowest BCUT2D eigenvalue weighted by molar-refractivity contribution is 0.0691. The van der Waals surface area contributed by atoms with Crippen molar-refractivity contribution in [2.45, 2.75) is 6.92 Å². The van der Waals surface area contributed by atoms with E-state index in [1.807, 2.05) is 6.92 Å². The van der Waals surface area contributed by atoms with E-state index in [4.69, 9.17) is 5.73 Å². The van der Waals surface area contributed by atoms with Gasteiger partial charge in [0.1, 0.15) is 17.2 Å². The van der Waals surface area contributed by atoms with Crippen LogP contribution in [0.25, 0.3) is 16.9 Å². The molecule has 0 bridgehead atoms. The van der Waals surface area contributed by atoms with Crippen LogP contribution in [0.3, 0.4) is 0 Å². The highest BCUT2D eigenvalue weighted by Crippen LogP contribution is 2.28. The molecule has 0 saturated carbocycles. The van der Waals surface area contributed by atoms with Gasteiger partial charge in [0, 0.05) is 11.3 Å². The molecule has 6 nitrogen and oxygen atoms in total. The second-order valence-corrected chi connectivity index (χ2v) is 5.03. The van der Waals surface area contributed by atoms with E-state index in [0.29, 0.717) is 11.3 Å². The van der Waals surface area contributed by atoms with Crippen molar-refractivity contribution in [2.24, 2.45) is 0 Å². The Morgan fingerprint density at radius 3 is 2.65 bits per heavy atom. The van der Waals surface area contributed by atoms with Crippen LogP contribution in [-0.2, 0) is 0 Å². The first-order valence-electron chi connectivity index (χ1n) is 6.79. The number of aryl methyl sites for hydroxylation is 1. The molecule has 0 amide bonds. The van der Waals surface area contributed by atoms with Gasteiger partial charge in [-0.25, -0.2) is 13.9 Å². The molecule has 1 heterocycles. The minimum atomic E-state index is -1.25. The molecule has 0 aliphatic carbocycles. The first-order chi connectivity index (χ1) is 11.0. The van der Waals surface area contributed by atoms with Crippen molar-refractivity contribution in [3.8, 4) is 16.9 Å². The number of nitrogen functional groups attached to an aromatic ring is 1. The minimum absolute atomic E-state index is 0.113. The van der Waals surface area contributed by atoms with Crippen molar-refractivity contribution in [2.75, 3.05) is 5.73 Å². The first kappa shape index (κ1) is 14.7. The van der Waals surface area contributed by atoms with E-state index < -0.39 is 11.8 Å². The third kappa shape index (κ3) is 2.52. The Balaban J connectivity index is 2.29. The Morgan fingerprint density at radius 2 is 2.00 bits per heavy atom. The monoisotopic (exact) mass is 312 g/mol. The fourth-order valence-electron chi connectivity index (χ4n) is 2.26. The molecule has 0 unspecified atom stereocenters. The predicted molar refractivity (Wildman–Crippen MR) is 82.9 cm³/mol. The van der Waals surface area contributed by atoms with Gasteiger partial charge in [-0.1, -0.05) is 29.5 Å². The van der Waals surface area contributed by atoms with Gasteiger partial charge in [0.15, 0.2) is 5.69 Å². The Labute approximate surface area is 131 Å². The normalized spacial score (nSPS) is 10.7. The lowest BCUT2D eigenvalue weighted by Crippen LogP contribution is -2.05. The lowest BCUT2D eigenvalue weighted by Gasteiger charge is -2.09. The van der Waals surface area contributed by atoms with E-state index in [1.54, 1.807) is 24.3 Å². The smallest absolute Gasteiger partial charge is 0.358 e. The molecule has 0 atom stereocenters. The standard InChI is InChI=1S/C16H13FN4O2/c1-9-6-7-10(8-12(9)18)15-14(16(22)23)19-20-21(15)13-5-3-2-4-11(13)17/h2-8H,18H2,1H3,(H,22,23). The summed E-state index contributed by atoms with van der Waals surface area (Å²) in [6.07, 6.45) is 0. The fourth-order valence-corrected chi connectivity index (χ4v) is 2.26. The van der Waals surface area contributed by atoms with E-state index >= 15 is 0 Å². The van der Waals surface area contributed by atoms with Gasteiger partial charge in [-0.2, -0.15) is 0 Å². The summed E-state index contributed by atoms with van der Waals surface area (Å²) in [6.45, 7) is 1.84. The number of nitrogens with zero attached hydrogens (tertiary/aromatic N) is 3. The highest BCUT2D eigenvalue weighted by atomic mass is 19.1. The van der Waals surface area contributed by atoms with Gasteiger partial charge in [0.05, 0.1) is 0 Å². The average molecular weight is 312 g/mol. The van der Waals surface area contributed by atoms with Crippen LogP contribution in [0.4, 0.5) is 10.1 Å². The van der Waals surface area contributed by atoms with Crippen molar-refractivity contribution >= 4 is 11.7 Å². The number of carboxylic acids is 1. The van der Waals surface area contributed by atoms with E-state index in [1.165, 1.54) is 22.9 Å². The Bertz CT molecular complexity index is 905. The highest BCUT2D eigenvalue weighted by molar-refractivity contribution is 5.93. The van der Waals surface area contributed by atoms with Gasteiger partial charge >= 0.3 is 5.97 Å². The maximum absolute atomic E-state index is 14.1. The molecule has 0 spiro atoms. The van der Waals surface area contributed by atoms with Crippen LogP contribution in [0.2, 0.25) is 0 Å². The van der Waals surface area contributed by atoms with Crippen molar-refractivity contribution in [3.05, 3.63) is 59.5 Å². The topological polar surface area (TPSA) is 94.0 Å². The molecular weight excluding hydrogens is 299 g/mol. The van der Waals surface area contributed by atoms with Crippen LogP contribution in [0.15, 0.2) is 42.5 Å². The number of nitrogens with two attached hydrogens (primary N) is 1. The molecule has 3 aromatic rings. The maximum atomic E-state index is 14.1. The average Bonchev–Trinajstić information content (AvgIpc) is 2.95. The van der Waals surface area contributed by atoms with E-state index in [2.05, 4.69) is 10.3 Å². The highest BCUT2D eigenvalue weighted by Gasteiger charge is 2.23. The van der Waals surface area contributed by atoms with Crippen LogP contribution in [0.1, 0.15) is 16.1 Å². The van der Waals surface area contributed by atoms with Gasteiger partial charge in [-0.05, 0) is 30.7 Å². The number of hydrogen-bond donors (Lipinski definition) is 2. The molecule has 116 valence electrons. The molecular formula is C16H13FN4O2. The molecule has 3 rings (SSSR count). The van der Waals surface area contributed by atoms with Gasteiger partial charge in [0.25, 0.3) is 0 Å².